The van der Waals surface area contributed by atoms with Crippen LogP contribution in [-0.2, 0) is 11.4 Å². The Hall–Kier alpha value is -3.41. The summed E-state index contributed by atoms with van der Waals surface area (Å²) in [6.07, 6.45) is 6.87. The van der Waals surface area contributed by atoms with Crippen molar-refractivity contribution in [2.24, 2.45) is 11.3 Å². The monoisotopic (exact) mass is 517 g/mol. The Kier molecular flexibility index (Phi) is 7.42. The summed E-state index contributed by atoms with van der Waals surface area (Å²) < 4.78 is 26.5. The van der Waals surface area contributed by atoms with E-state index in [9.17, 15) is 14.3 Å². The van der Waals surface area contributed by atoms with Crippen LogP contribution in [0.25, 0.3) is 11.1 Å². The van der Waals surface area contributed by atoms with Crippen LogP contribution in [0.5, 0.6) is 11.6 Å². The molecule has 1 aromatic heterocycles. The number of halogens is 1. The lowest BCUT2D eigenvalue weighted by Crippen LogP contribution is -2.17. The molecule has 0 unspecified atom stereocenters. The Balaban J connectivity index is 1.43. The van der Waals surface area contributed by atoms with E-state index >= 15 is 0 Å². The van der Waals surface area contributed by atoms with Gasteiger partial charge in [0.05, 0.1) is 19.7 Å². The highest BCUT2D eigenvalue weighted by Gasteiger charge is 2.37. The zero-order chi connectivity index (χ0) is 26.9. The van der Waals surface area contributed by atoms with E-state index in [1.165, 1.54) is 13.3 Å². The van der Waals surface area contributed by atoms with Crippen molar-refractivity contribution in [1.29, 1.82) is 0 Å². The number of ether oxygens (including phenoxy) is 2. The molecule has 200 valence electrons. The zero-order valence-corrected chi connectivity index (χ0v) is 22.4. The standard InChI is InChI=1S/C32H36FNO4/c1-32(2)13-5-8-28(32)26-14-20(9-12-24(26)27-16-30(37-3)34-18-29(27)33)19-38-23-7-4-6-22(15-23)25(17-31(35)36)21-10-11-21/h4,6-7,9,12,14-16,18,21,25,28H,5,8,10-11,13,17,19H2,1-3H3,(H,35,36)/t25-,28-/m0/s1. The summed E-state index contributed by atoms with van der Waals surface area (Å²) in [4.78, 5) is 15.4. The van der Waals surface area contributed by atoms with Crippen molar-refractivity contribution in [2.75, 3.05) is 7.11 Å². The molecular weight excluding hydrogens is 481 g/mol. The van der Waals surface area contributed by atoms with Gasteiger partial charge in [-0.1, -0.05) is 50.6 Å². The van der Waals surface area contributed by atoms with Crippen molar-refractivity contribution in [3.8, 4) is 22.8 Å². The molecule has 0 amide bonds. The number of methoxy groups -OCH3 is 1. The van der Waals surface area contributed by atoms with Crippen molar-refractivity contribution >= 4 is 5.97 Å². The first-order valence-electron chi connectivity index (χ1n) is 13.5. The van der Waals surface area contributed by atoms with Crippen LogP contribution in [0.15, 0.2) is 54.7 Å². The molecule has 5 rings (SSSR count). The van der Waals surface area contributed by atoms with Crippen molar-refractivity contribution < 1.29 is 23.8 Å². The average Bonchev–Trinajstić information content (AvgIpc) is 3.68. The van der Waals surface area contributed by atoms with Crippen LogP contribution in [0.4, 0.5) is 4.39 Å². The van der Waals surface area contributed by atoms with Crippen LogP contribution in [0.1, 0.15) is 80.9 Å². The van der Waals surface area contributed by atoms with Crippen molar-refractivity contribution in [1.82, 2.24) is 4.98 Å². The minimum Gasteiger partial charge on any atom is -0.489 e. The number of rotatable bonds is 10. The first kappa shape index (κ1) is 26.2. The van der Waals surface area contributed by atoms with Gasteiger partial charge in [-0.15, -0.1) is 0 Å². The smallest absolute Gasteiger partial charge is 0.303 e. The van der Waals surface area contributed by atoms with Crippen LogP contribution in [0.2, 0.25) is 0 Å². The van der Waals surface area contributed by atoms with E-state index in [4.69, 9.17) is 9.47 Å². The van der Waals surface area contributed by atoms with Crippen LogP contribution in [-0.4, -0.2) is 23.2 Å². The van der Waals surface area contributed by atoms with Gasteiger partial charge < -0.3 is 14.6 Å². The molecule has 6 heteroatoms. The minimum atomic E-state index is -0.765. The van der Waals surface area contributed by atoms with Crippen LogP contribution >= 0.6 is 0 Å². The molecule has 2 fully saturated rings. The number of aliphatic carboxylic acids is 1. The summed E-state index contributed by atoms with van der Waals surface area (Å²) in [5, 5.41) is 9.38. The number of hydrogen-bond donors (Lipinski definition) is 1. The number of carbonyl (C=O) groups is 1. The summed E-state index contributed by atoms with van der Waals surface area (Å²) in [5.74, 6) is 0.758. The minimum absolute atomic E-state index is 0.0267. The van der Waals surface area contributed by atoms with Crippen LogP contribution < -0.4 is 9.47 Å². The van der Waals surface area contributed by atoms with Gasteiger partial charge in [0, 0.05) is 11.6 Å². The first-order chi connectivity index (χ1) is 18.2. The number of hydrogen-bond acceptors (Lipinski definition) is 4. The Morgan fingerprint density at radius 1 is 1.13 bits per heavy atom. The number of benzene rings is 2. The van der Waals surface area contributed by atoms with Gasteiger partial charge in [0.1, 0.15) is 18.2 Å². The molecule has 3 aromatic rings. The molecule has 0 saturated heterocycles. The molecule has 38 heavy (non-hydrogen) atoms. The van der Waals surface area contributed by atoms with Gasteiger partial charge in [-0.25, -0.2) is 9.37 Å². The normalized spacial score (nSPS) is 19.2. The average molecular weight is 518 g/mol. The molecule has 2 aromatic carbocycles. The van der Waals surface area contributed by atoms with Crippen LogP contribution in [0, 0.1) is 17.2 Å². The molecule has 0 aliphatic heterocycles. The zero-order valence-electron chi connectivity index (χ0n) is 22.4. The van der Waals surface area contributed by atoms with E-state index in [2.05, 4.69) is 24.9 Å². The predicted octanol–water partition coefficient (Wildman–Crippen LogP) is 7.74. The lowest BCUT2D eigenvalue weighted by atomic mass is 9.75. The second-order valence-corrected chi connectivity index (χ2v) is 11.5. The van der Waals surface area contributed by atoms with Gasteiger partial charge in [-0.2, -0.15) is 0 Å². The number of carboxylic acid groups (broad SMARTS) is 1. The molecule has 2 aliphatic carbocycles. The molecule has 0 spiro atoms. The Morgan fingerprint density at radius 3 is 2.63 bits per heavy atom. The lowest BCUT2D eigenvalue weighted by Gasteiger charge is -2.30. The molecule has 1 heterocycles. The Bertz CT molecular complexity index is 1320. The summed E-state index contributed by atoms with van der Waals surface area (Å²) in [5.41, 5.74) is 4.65. The summed E-state index contributed by atoms with van der Waals surface area (Å²) in [6, 6.07) is 15.7. The fraction of sp³-hybridized carbons (Fsp3) is 0.438. The molecule has 2 saturated carbocycles. The number of aromatic nitrogens is 1. The largest absolute Gasteiger partial charge is 0.489 e. The van der Waals surface area contributed by atoms with Crippen LogP contribution in [0.3, 0.4) is 0 Å². The third kappa shape index (κ3) is 5.69. The van der Waals surface area contributed by atoms with Gasteiger partial charge >= 0.3 is 5.97 Å². The van der Waals surface area contributed by atoms with Gasteiger partial charge in [-0.05, 0) is 83.2 Å². The van der Waals surface area contributed by atoms with E-state index in [1.807, 2.05) is 36.4 Å². The fourth-order valence-electron chi connectivity index (χ4n) is 6.12. The second-order valence-electron chi connectivity index (χ2n) is 11.5. The maximum atomic E-state index is 15.0. The van der Waals surface area contributed by atoms with E-state index < -0.39 is 5.97 Å². The maximum absolute atomic E-state index is 15.0. The fourth-order valence-corrected chi connectivity index (χ4v) is 6.12. The second kappa shape index (κ2) is 10.8. The van der Waals surface area contributed by atoms with Gasteiger partial charge in [0.25, 0.3) is 0 Å². The highest BCUT2D eigenvalue weighted by molar-refractivity contribution is 5.70. The lowest BCUT2D eigenvalue weighted by molar-refractivity contribution is -0.137. The van der Waals surface area contributed by atoms with Gasteiger partial charge in [-0.3, -0.25) is 4.79 Å². The molecule has 2 aliphatic rings. The van der Waals surface area contributed by atoms with E-state index in [0.717, 1.165) is 60.1 Å². The van der Waals surface area contributed by atoms with E-state index in [0.29, 0.717) is 29.9 Å². The van der Waals surface area contributed by atoms with Crippen molar-refractivity contribution in [3.05, 3.63) is 77.2 Å². The summed E-state index contributed by atoms with van der Waals surface area (Å²) >= 11 is 0. The first-order valence-corrected chi connectivity index (χ1v) is 13.5. The van der Waals surface area contributed by atoms with Crippen molar-refractivity contribution in [3.63, 3.8) is 0 Å². The number of nitrogens with zero attached hydrogens (tertiary/aromatic N) is 1. The highest BCUT2D eigenvalue weighted by atomic mass is 19.1. The number of pyridine rings is 1. The topological polar surface area (TPSA) is 68.7 Å². The summed E-state index contributed by atoms with van der Waals surface area (Å²) in [6.45, 7) is 4.96. The molecule has 5 nitrogen and oxygen atoms in total. The quantitative estimate of drug-likeness (QED) is 0.298. The third-order valence-corrected chi connectivity index (χ3v) is 8.36. The van der Waals surface area contributed by atoms with Crippen molar-refractivity contribution in [2.45, 2.75) is 70.8 Å². The Morgan fingerprint density at radius 2 is 1.95 bits per heavy atom. The van der Waals surface area contributed by atoms with E-state index in [-0.39, 0.29) is 23.6 Å². The molecule has 1 N–H and O–H groups in total. The van der Waals surface area contributed by atoms with Gasteiger partial charge in [0.2, 0.25) is 5.88 Å². The molecule has 2 atom stereocenters. The Labute approximate surface area is 224 Å². The van der Waals surface area contributed by atoms with Gasteiger partial charge in [0.15, 0.2) is 0 Å². The SMILES string of the molecule is COc1cc(-c2ccc(COc3cccc([C@@H](CC(=O)O)C4CC4)c3)cc2[C@@H]2CCCC2(C)C)c(F)cn1. The number of carboxylic acids is 1. The molecule has 0 bridgehead atoms. The third-order valence-electron chi connectivity index (χ3n) is 8.36. The van der Waals surface area contributed by atoms with E-state index in [1.54, 1.807) is 6.07 Å². The highest BCUT2D eigenvalue weighted by Crippen LogP contribution is 2.51. The molecule has 0 radical (unpaired) electrons. The molecular formula is C32H36FNO4. The summed E-state index contributed by atoms with van der Waals surface area (Å²) in [7, 11) is 1.54. The maximum Gasteiger partial charge on any atom is 0.303 e. The predicted molar refractivity (Wildman–Crippen MR) is 145 cm³/mol.